The Balaban J connectivity index is 1.85. The third-order valence-electron chi connectivity index (χ3n) is 3.90. The third-order valence-corrected chi connectivity index (χ3v) is 6.40. The second-order valence-corrected chi connectivity index (χ2v) is 9.63. The van der Waals surface area contributed by atoms with Crippen LogP contribution in [0.15, 0.2) is 30.6 Å². The number of rotatable bonds is 8. The molecular weight excluding hydrogens is 413 g/mol. The van der Waals surface area contributed by atoms with E-state index in [1.807, 2.05) is 56.5 Å². The van der Waals surface area contributed by atoms with Gasteiger partial charge < -0.3 is 19.3 Å². The van der Waals surface area contributed by atoms with Crippen LogP contribution in [0.5, 0.6) is 0 Å². The topological polar surface area (TPSA) is 105 Å². The van der Waals surface area contributed by atoms with Gasteiger partial charge in [0.1, 0.15) is 5.52 Å². The molecule has 2 aromatic heterocycles. The van der Waals surface area contributed by atoms with Gasteiger partial charge in [0, 0.05) is 0 Å². The lowest BCUT2D eigenvalue weighted by molar-refractivity contribution is 0.141. The van der Waals surface area contributed by atoms with Crippen molar-refractivity contribution < 1.29 is 13.6 Å². The number of benzene rings is 1. The quantitative estimate of drug-likeness (QED) is 0.403. The van der Waals surface area contributed by atoms with Gasteiger partial charge in [0.15, 0.2) is 10.8 Å². The average molecular weight is 438 g/mol. The van der Waals surface area contributed by atoms with Crippen LogP contribution in [0, 0.1) is 0 Å². The molecule has 0 amide bonds. The molecule has 0 bridgehead atoms. The molecule has 1 aromatic carbocycles. The molecule has 0 aliphatic heterocycles. The first kappa shape index (κ1) is 21.7. The summed E-state index contributed by atoms with van der Waals surface area (Å²) in [5.74, 6) is 0.0932. The van der Waals surface area contributed by atoms with E-state index >= 15 is 0 Å². The standard InChI is InChI=1S/C19H25ClN5O3P/c1-12(2)27-29(26,28-13(3)4)10-15-7-5-6-14(8-15)9-25-11-22-16-17(20)23-19(21)24-18(16)25/h5-8,11-13H,9-10H2,1-4H3,(H2,21,23,24). The largest absolute Gasteiger partial charge is 0.368 e. The molecule has 3 aromatic rings. The number of hydrogen-bond donors (Lipinski definition) is 1. The monoisotopic (exact) mass is 437 g/mol. The van der Waals surface area contributed by atoms with Crippen LogP contribution in [-0.4, -0.2) is 31.7 Å². The highest BCUT2D eigenvalue weighted by Gasteiger charge is 2.28. The molecule has 8 nitrogen and oxygen atoms in total. The lowest BCUT2D eigenvalue weighted by Crippen LogP contribution is -2.09. The van der Waals surface area contributed by atoms with Crippen molar-refractivity contribution in [2.45, 2.75) is 52.6 Å². The molecule has 0 saturated carbocycles. The van der Waals surface area contributed by atoms with Gasteiger partial charge in [-0.2, -0.15) is 9.97 Å². The van der Waals surface area contributed by atoms with E-state index in [1.54, 1.807) is 6.33 Å². The molecule has 0 unspecified atom stereocenters. The van der Waals surface area contributed by atoms with Crippen LogP contribution in [0.2, 0.25) is 5.15 Å². The molecule has 156 valence electrons. The highest BCUT2D eigenvalue weighted by molar-refractivity contribution is 7.53. The highest BCUT2D eigenvalue weighted by atomic mass is 35.5. The minimum atomic E-state index is -3.27. The minimum absolute atomic E-state index is 0.0932. The fourth-order valence-corrected chi connectivity index (χ4v) is 5.38. The summed E-state index contributed by atoms with van der Waals surface area (Å²) in [7, 11) is -3.27. The van der Waals surface area contributed by atoms with Crippen LogP contribution in [0.4, 0.5) is 5.95 Å². The maximum atomic E-state index is 13.2. The van der Waals surface area contributed by atoms with Crippen molar-refractivity contribution in [2.75, 3.05) is 5.73 Å². The van der Waals surface area contributed by atoms with Gasteiger partial charge in [0.2, 0.25) is 5.95 Å². The summed E-state index contributed by atoms with van der Waals surface area (Å²) in [6.45, 7) is 7.87. The summed E-state index contributed by atoms with van der Waals surface area (Å²) in [5, 5.41) is 0.220. The molecule has 3 rings (SSSR count). The first-order valence-corrected chi connectivity index (χ1v) is 11.4. The van der Waals surface area contributed by atoms with Crippen molar-refractivity contribution in [1.29, 1.82) is 0 Å². The maximum Gasteiger partial charge on any atom is 0.335 e. The maximum absolute atomic E-state index is 13.2. The minimum Gasteiger partial charge on any atom is -0.368 e. The number of hydrogen-bond acceptors (Lipinski definition) is 7. The Bertz CT molecular complexity index is 1040. The van der Waals surface area contributed by atoms with Gasteiger partial charge in [0.05, 0.1) is 31.2 Å². The average Bonchev–Trinajstić information content (AvgIpc) is 2.96. The van der Waals surface area contributed by atoms with Crippen LogP contribution in [0.3, 0.4) is 0 Å². The summed E-state index contributed by atoms with van der Waals surface area (Å²) >= 11 is 6.09. The summed E-state index contributed by atoms with van der Waals surface area (Å²) in [5.41, 5.74) is 8.62. The van der Waals surface area contributed by atoms with E-state index in [1.165, 1.54) is 0 Å². The number of imidazole rings is 1. The van der Waals surface area contributed by atoms with E-state index in [0.29, 0.717) is 17.7 Å². The van der Waals surface area contributed by atoms with Crippen molar-refractivity contribution in [3.63, 3.8) is 0 Å². The highest BCUT2D eigenvalue weighted by Crippen LogP contribution is 2.53. The second-order valence-electron chi connectivity index (χ2n) is 7.31. The number of nitrogens with zero attached hydrogens (tertiary/aromatic N) is 4. The molecule has 10 heteroatoms. The van der Waals surface area contributed by atoms with E-state index in [-0.39, 0.29) is 29.5 Å². The Morgan fingerprint density at radius 2 is 1.79 bits per heavy atom. The Hall–Kier alpha value is -1.99. The summed E-state index contributed by atoms with van der Waals surface area (Å²) in [6.07, 6.45) is 1.44. The number of fused-ring (bicyclic) bond motifs is 1. The Morgan fingerprint density at radius 3 is 2.45 bits per heavy atom. The van der Waals surface area contributed by atoms with E-state index < -0.39 is 7.60 Å². The fraction of sp³-hybridized carbons (Fsp3) is 0.421. The van der Waals surface area contributed by atoms with Gasteiger partial charge >= 0.3 is 7.60 Å². The van der Waals surface area contributed by atoms with Gasteiger partial charge in [-0.1, -0.05) is 35.9 Å². The predicted octanol–water partition coefficient (Wildman–Crippen LogP) is 4.65. The number of nitrogen functional groups attached to an aromatic ring is 1. The summed E-state index contributed by atoms with van der Waals surface area (Å²) in [6, 6.07) is 7.76. The molecule has 2 heterocycles. The van der Waals surface area contributed by atoms with Crippen molar-refractivity contribution in [3.8, 4) is 0 Å². The lowest BCUT2D eigenvalue weighted by atomic mass is 10.1. The second kappa shape index (κ2) is 8.79. The van der Waals surface area contributed by atoms with Gasteiger partial charge in [-0.05, 0) is 38.8 Å². The molecule has 0 fully saturated rings. The normalized spacial score (nSPS) is 12.4. The van der Waals surface area contributed by atoms with Crippen molar-refractivity contribution in [1.82, 2.24) is 19.5 Å². The summed E-state index contributed by atoms with van der Waals surface area (Å²) in [4.78, 5) is 12.4. The van der Waals surface area contributed by atoms with E-state index in [4.69, 9.17) is 26.4 Å². The van der Waals surface area contributed by atoms with Crippen LogP contribution in [-0.2, 0) is 26.3 Å². The van der Waals surface area contributed by atoms with Crippen LogP contribution < -0.4 is 5.73 Å². The van der Waals surface area contributed by atoms with Crippen LogP contribution >= 0.6 is 19.2 Å². The number of halogens is 1. The molecule has 0 saturated heterocycles. The number of aromatic nitrogens is 4. The Labute approximate surface area is 175 Å². The van der Waals surface area contributed by atoms with E-state index in [2.05, 4.69) is 15.0 Å². The number of anilines is 1. The van der Waals surface area contributed by atoms with Gasteiger partial charge in [-0.3, -0.25) is 4.57 Å². The number of nitrogens with two attached hydrogens (primary N) is 1. The molecule has 0 atom stereocenters. The van der Waals surface area contributed by atoms with Gasteiger partial charge in [-0.15, -0.1) is 0 Å². The van der Waals surface area contributed by atoms with E-state index in [0.717, 1.165) is 11.1 Å². The van der Waals surface area contributed by atoms with E-state index in [9.17, 15) is 4.57 Å². The molecule has 29 heavy (non-hydrogen) atoms. The predicted molar refractivity (Wildman–Crippen MR) is 114 cm³/mol. The molecule has 0 aliphatic rings. The molecule has 0 radical (unpaired) electrons. The lowest BCUT2D eigenvalue weighted by Gasteiger charge is -2.23. The zero-order valence-corrected chi connectivity index (χ0v) is 18.5. The Morgan fingerprint density at radius 1 is 1.14 bits per heavy atom. The zero-order chi connectivity index (χ0) is 21.2. The van der Waals surface area contributed by atoms with Crippen LogP contribution in [0.25, 0.3) is 11.2 Å². The molecule has 0 aliphatic carbocycles. The molecular formula is C19H25ClN5O3P. The first-order valence-electron chi connectivity index (χ1n) is 9.33. The fourth-order valence-electron chi connectivity index (χ4n) is 3.03. The van der Waals surface area contributed by atoms with Gasteiger partial charge in [-0.25, -0.2) is 4.98 Å². The Kier molecular flexibility index (Phi) is 6.58. The SMILES string of the molecule is CC(C)OP(=O)(Cc1cccc(Cn2cnc3c(Cl)nc(N)nc32)c1)OC(C)C. The van der Waals surface area contributed by atoms with Crippen molar-refractivity contribution in [3.05, 3.63) is 46.9 Å². The molecule has 0 spiro atoms. The third kappa shape index (κ3) is 5.54. The van der Waals surface area contributed by atoms with Crippen LogP contribution in [0.1, 0.15) is 38.8 Å². The van der Waals surface area contributed by atoms with Crippen molar-refractivity contribution in [2.24, 2.45) is 0 Å². The molecule has 2 N–H and O–H groups in total. The smallest absolute Gasteiger partial charge is 0.335 e. The van der Waals surface area contributed by atoms with Gasteiger partial charge in [0.25, 0.3) is 0 Å². The summed E-state index contributed by atoms with van der Waals surface area (Å²) < 4.78 is 26.3. The zero-order valence-electron chi connectivity index (χ0n) is 16.9. The van der Waals surface area contributed by atoms with Crippen molar-refractivity contribution >= 4 is 36.3 Å². The first-order chi connectivity index (χ1) is 13.6.